The first-order chi connectivity index (χ1) is 10.8. The van der Waals surface area contributed by atoms with Crippen LogP contribution >= 0.6 is 11.3 Å². The van der Waals surface area contributed by atoms with Crippen molar-refractivity contribution in [2.75, 3.05) is 26.2 Å². The molecule has 1 atom stereocenters. The molecule has 5 nitrogen and oxygen atoms in total. The zero-order chi connectivity index (χ0) is 15.4. The summed E-state index contributed by atoms with van der Waals surface area (Å²) in [5.74, 6) is 0.148. The van der Waals surface area contributed by atoms with Gasteiger partial charge in [-0.05, 0) is 24.8 Å². The Morgan fingerprint density at radius 3 is 2.91 bits per heavy atom. The van der Waals surface area contributed by atoms with Crippen molar-refractivity contribution in [1.82, 2.24) is 19.8 Å². The van der Waals surface area contributed by atoms with E-state index in [1.807, 2.05) is 27.9 Å². The minimum absolute atomic E-state index is 0.148. The van der Waals surface area contributed by atoms with Crippen LogP contribution in [0, 0.1) is 0 Å². The molecule has 2 aromatic heterocycles. The second-order valence-electron chi connectivity index (χ2n) is 5.50. The quantitative estimate of drug-likeness (QED) is 0.873. The van der Waals surface area contributed by atoms with Gasteiger partial charge in [0.05, 0.1) is 17.3 Å². The zero-order valence-electron chi connectivity index (χ0n) is 12.7. The summed E-state index contributed by atoms with van der Waals surface area (Å²) >= 11 is 1.57. The predicted octanol–water partition coefficient (Wildman–Crippen LogP) is 2.45. The van der Waals surface area contributed by atoms with E-state index in [0.29, 0.717) is 0 Å². The van der Waals surface area contributed by atoms with E-state index < -0.39 is 0 Å². The Balaban J connectivity index is 1.64. The summed E-state index contributed by atoms with van der Waals surface area (Å²) in [6.07, 6.45) is 6.24. The lowest BCUT2D eigenvalue weighted by molar-refractivity contribution is 0.0759. The lowest BCUT2D eigenvalue weighted by Crippen LogP contribution is -2.35. The minimum Gasteiger partial charge on any atom is -0.337 e. The number of carbonyl (C=O) groups excluding carboxylic acids is 1. The van der Waals surface area contributed by atoms with Crippen LogP contribution in [0.1, 0.15) is 35.4 Å². The molecule has 0 aliphatic carbocycles. The van der Waals surface area contributed by atoms with Gasteiger partial charge in [-0.1, -0.05) is 0 Å². The first-order valence-electron chi connectivity index (χ1n) is 7.57. The van der Waals surface area contributed by atoms with Gasteiger partial charge in [0.25, 0.3) is 5.91 Å². The molecule has 3 rings (SSSR count). The third-order valence-corrected chi connectivity index (χ3v) is 4.83. The van der Waals surface area contributed by atoms with Gasteiger partial charge in [0.1, 0.15) is 0 Å². The van der Waals surface area contributed by atoms with E-state index in [9.17, 15) is 4.79 Å². The molecule has 1 aliphatic heterocycles. The first-order valence-corrected chi connectivity index (χ1v) is 8.51. The normalized spacial score (nSPS) is 18.0. The Labute approximate surface area is 134 Å². The molecule has 0 unspecified atom stereocenters. The van der Waals surface area contributed by atoms with Crippen LogP contribution in [0.15, 0.2) is 35.4 Å². The third kappa shape index (κ3) is 3.34. The van der Waals surface area contributed by atoms with Crippen LogP contribution in [0.25, 0.3) is 0 Å². The molecular formula is C16H20N4OS. The second kappa shape index (κ2) is 6.98. The van der Waals surface area contributed by atoms with Crippen molar-refractivity contribution in [3.05, 3.63) is 46.7 Å². The molecule has 0 bridgehead atoms. The number of carbonyl (C=O) groups is 1. The fraction of sp³-hybridized carbons (Fsp3) is 0.438. The lowest BCUT2D eigenvalue weighted by Gasteiger charge is -2.27. The van der Waals surface area contributed by atoms with E-state index in [1.54, 1.807) is 23.7 Å². The van der Waals surface area contributed by atoms with Gasteiger partial charge in [0.2, 0.25) is 0 Å². The van der Waals surface area contributed by atoms with E-state index in [2.05, 4.69) is 21.8 Å². The standard InChI is InChI=1S/C16H20N4OS/c1-13(15-11-17-4-5-18-15)19-6-2-7-20(9-8-19)16(21)14-3-10-22-12-14/h3-5,10-13H,2,6-9H2,1H3/t13-/m0/s1. The van der Waals surface area contributed by atoms with Crippen LogP contribution in [0.4, 0.5) is 0 Å². The molecule has 2 aromatic rings. The van der Waals surface area contributed by atoms with Gasteiger partial charge < -0.3 is 4.90 Å². The maximum Gasteiger partial charge on any atom is 0.254 e. The molecule has 116 valence electrons. The summed E-state index contributed by atoms with van der Waals surface area (Å²) < 4.78 is 0. The fourth-order valence-corrected chi connectivity index (χ4v) is 3.44. The molecule has 3 heterocycles. The average molecular weight is 316 g/mol. The van der Waals surface area contributed by atoms with Gasteiger partial charge in [-0.15, -0.1) is 0 Å². The van der Waals surface area contributed by atoms with E-state index in [-0.39, 0.29) is 11.9 Å². The van der Waals surface area contributed by atoms with E-state index in [4.69, 9.17) is 0 Å². The number of nitrogens with zero attached hydrogens (tertiary/aromatic N) is 4. The SMILES string of the molecule is C[C@@H](c1cnccn1)N1CCCN(C(=O)c2ccsc2)CC1. The third-order valence-electron chi connectivity index (χ3n) is 4.14. The van der Waals surface area contributed by atoms with Crippen LogP contribution in [0.3, 0.4) is 0 Å². The highest BCUT2D eigenvalue weighted by molar-refractivity contribution is 7.08. The lowest BCUT2D eigenvalue weighted by atomic mass is 10.2. The molecule has 1 amide bonds. The minimum atomic E-state index is 0.148. The van der Waals surface area contributed by atoms with Gasteiger partial charge >= 0.3 is 0 Å². The molecule has 0 spiro atoms. The fourth-order valence-electron chi connectivity index (χ4n) is 2.81. The zero-order valence-corrected chi connectivity index (χ0v) is 13.5. The Hall–Kier alpha value is -1.79. The smallest absolute Gasteiger partial charge is 0.254 e. The number of aromatic nitrogens is 2. The Kier molecular flexibility index (Phi) is 4.80. The summed E-state index contributed by atoms with van der Waals surface area (Å²) in [5.41, 5.74) is 1.79. The molecule has 6 heteroatoms. The number of thiophene rings is 1. The maximum absolute atomic E-state index is 12.5. The highest BCUT2D eigenvalue weighted by Gasteiger charge is 2.24. The van der Waals surface area contributed by atoms with Crippen molar-refractivity contribution < 1.29 is 4.79 Å². The van der Waals surface area contributed by atoms with Crippen molar-refractivity contribution in [2.24, 2.45) is 0 Å². The van der Waals surface area contributed by atoms with Crippen molar-refractivity contribution >= 4 is 17.2 Å². The monoisotopic (exact) mass is 316 g/mol. The molecule has 1 fully saturated rings. The maximum atomic E-state index is 12.5. The molecular weight excluding hydrogens is 296 g/mol. The summed E-state index contributed by atoms with van der Waals surface area (Å²) in [4.78, 5) is 25.3. The highest BCUT2D eigenvalue weighted by atomic mass is 32.1. The summed E-state index contributed by atoms with van der Waals surface area (Å²) in [5, 5.41) is 3.88. The van der Waals surface area contributed by atoms with Gasteiger partial charge in [0, 0.05) is 50.1 Å². The van der Waals surface area contributed by atoms with Crippen LogP contribution in [0.2, 0.25) is 0 Å². The van der Waals surface area contributed by atoms with Gasteiger partial charge in [0.15, 0.2) is 0 Å². The van der Waals surface area contributed by atoms with E-state index in [0.717, 1.165) is 43.9 Å². The largest absolute Gasteiger partial charge is 0.337 e. The summed E-state index contributed by atoms with van der Waals surface area (Å²) in [6.45, 7) is 5.58. The van der Waals surface area contributed by atoms with Crippen LogP contribution < -0.4 is 0 Å². The average Bonchev–Trinajstić information content (AvgIpc) is 2.99. The van der Waals surface area contributed by atoms with Crippen LogP contribution in [-0.2, 0) is 0 Å². The van der Waals surface area contributed by atoms with E-state index >= 15 is 0 Å². The Morgan fingerprint density at radius 1 is 1.27 bits per heavy atom. The summed E-state index contributed by atoms with van der Waals surface area (Å²) in [6, 6.07) is 2.13. The molecule has 1 aliphatic rings. The molecule has 0 saturated carbocycles. The summed E-state index contributed by atoms with van der Waals surface area (Å²) in [7, 11) is 0. The number of hydrogen-bond donors (Lipinski definition) is 0. The van der Waals surface area contributed by atoms with Crippen molar-refractivity contribution in [1.29, 1.82) is 0 Å². The number of hydrogen-bond acceptors (Lipinski definition) is 5. The molecule has 22 heavy (non-hydrogen) atoms. The number of rotatable bonds is 3. The van der Waals surface area contributed by atoms with Crippen molar-refractivity contribution in [3.63, 3.8) is 0 Å². The number of amides is 1. The van der Waals surface area contributed by atoms with Crippen LogP contribution in [0.5, 0.6) is 0 Å². The topological polar surface area (TPSA) is 49.3 Å². The van der Waals surface area contributed by atoms with E-state index in [1.165, 1.54) is 0 Å². The van der Waals surface area contributed by atoms with Gasteiger partial charge in [-0.25, -0.2) is 0 Å². The predicted molar refractivity (Wildman–Crippen MR) is 86.9 cm³/mol. The molecule has 0 radical (unpaired) electrons. The Morgan fingerprint density at radius 2 is 2.18 bits per heavy atom. The highest BCUT2D eigenvalue weighted by Crippen LogP contribution is 2.20. The van der Waals surface area contributed by atoms with Crippen molar-refractivity contribution in [2.45, 2.75) is 19.4 Å². The molecule has 0 aromatic carbocycles. The van der Waals surface area contributed by atoms with Crippen LogP contribution in [-0.4, -0.2) is 51.9 Å². The molecule has 1 saturated heterocycles. The molecule has 0 N–H and O–H groups in total. The second-order valence-corrected chi connectivity index (χ2v) is 6.28. The first kappa shape index (κ1) is 15.1. The Bertz CT molecular complexity index is 602. The van der Waals surface area contributed by atoms with Gasteiger partial charge in [-0.2, -0.15) is 11.3 Å². The van der Waals surface area contributed by atoms with Gasteiger partial charge in [-0.3, -0.25) is 19.7 Å². The van der Waals surface area contributed by atoms with Crippen molar-refractivity contribution in [3.8, 4) is 0 Å².